The van der Waals surface area contributed by atoms with Crippen LogP contribution in [0.2, 0.25) is 0 Å². The molecule has 3 heterocycles. The molecule has 25 heavy (non-hydrogen) atoms. The lowest BCUT2D eigenvalue weighted by atomic mass is 10.2. The van der Waals surface area contributed by atoms with E-state index in [0.717, 1.165) is 35.2 Å². The minimum absolute atomic E-state index is 0.0163. The molecule has 134 valence electrons. The Hall–Kier alpha value is -1.99. The fourth-order valence-electron chi connectivity index (χ4n) is 2.72. The monoisotopic (exact) mass is 360 g/mol. The molecule has 0 radical (unpaired) electrons. The summed E-state index contributed by atoms with van der Waals surface area (Å²) in [5.74, 6) is 1.31. The maximum absolute atomic E-state index is 12.3. The average molecular weight is 360 g/mol. The summed E-state index contributed by atoms with van der Waals surface area (Å²) in [6.07, 6.45) is 2.11. The van der Waals surface area contributed by atoms with Gasteiger partial charge in [0.1, 0.15) is 5.82 Å². The van der Waals surface area contributed by atoms with Gasteiger partial charge in [-0.3, -0.25) is 4.79 Å². The zero-order chi connectivity index (χ0) is 17.6. The van der Waals surface area contributed by atoms with E-state index >= 15 is 0 Å². The minimum Gasteiger partial charge on any atom is -0.378 e. The first-order chi connectivity index (χ1) is 12.1. The lowest BCUT2D eigenvalue weighted by Crippen LogP contribution is -2.38. The van der Waals surface area contributed by atoms with Gasteiger partial charge in [-0.1, -0.05) is 19.9 Å². The topological polar surface area (TPSA) is 67.4 Å². The third-order valence-electron chi connectivity index (χ3n) is 4.06. The van der Waals surface area contributed by atoms with Crippen LogP contribution in [-0.2, 0) is 22.5 Å². The molecule has 7 heteroatoms. The van der Waals surface area contributed by atoms with Crippen LogP contribution in [0.3, 0.4) is 0 Å². The van der Waals surface area contributed by atoms with E-state index in [2.05, 4.69) is 34.0 Å². The van der Waals surface area contributed by atoms with E-state index in [9.17, 15) is 4.79 Å². The summed E-state index contributed by atoms with van der Waals surface area (Å²) < 4.78 is 5.40. The van der Waals surface area contributed by atoms with Gasteiger partial charge in [-0.2, -0.15) is 0 Å². The van der Waals surface area contributed by atoms with E-state index in [1.807, 2.05) is 17.5 Å². The summed E-state index contributed by atoms with van der Waals surface area (Å²) in [7, 11) is 0. The van der Waals surface area contributed by atoms with Gasteiger partial charge in [0, 0.05) is 42.7 Å². The number of carbonyl (C=O) groups excluding carboxylic acids is 1. The number of carbonyl (C=O) groups is 1. The maximum Gasteiger partial charge on any atom is 0.226 e. The highest BCUT2D eigenvalue weighted by molar-refractivity contribution is 7.09. The number of ether oxygens (including phenoxy) is 1. The normalized spacial score (nSPS) is 14.8. The highest BCUT2D eigenvalue weighted by atomic mass is 32.1. The lowest BCUT2D eigenvalue weighted by molar-refractivity contribution is -0.120. The van der Waals surface area contributed by atoms with Gasteiger partial charge in [0.05, 0.1) is 30.3 Å². The zero-order valence-corrected chi connectivity index (χ0v) is 15.5. The molecule has 1 aliphatic heterocycles. The molecular formula is C18H24N4O2S. The van der Waals surface area contributed by atoms with Crippen molar-refractivity contribution in [2.45, 2.75) is 32.7 Å². The standard InChI is InChI=1S/C18H24N4O2S/c1-13(2)18-21-15(12-25-18)10-16(23)20-11-14-4-3-5-19-17(14)22-6-8-24-9-7-22/h3-5,12-13H,6-11H2,1-2H3,(H,20,23). The Morgan fingerprint density at radius 3 is 2.92 bits per heavy atom. The van der Waals surface area contributed by atoms with Gasteiger partial charge in [-0.25, -0.2) is 9.97 Å². The maximum atomic E-state index is 12.3. The molecule has 0 bridgehead atoms. The minimum atomic E-state index is -0.0163. The Labute approximate surface area is 152 Å². The van der Waals surface area contributed by atoms with Crippen molar-refractivity contribution < 1.29 is 9.53 Å². The Morgan fingerprint density at radius 1 is 1.40 bits per heavy atom. The van der Waals surface area contributed by atoms with E-state index in [4.69, 9.17) is 4.74 Å². The van der Waals surface area contributed by atoms with Crippen molar-refractivity contribution in [2.24, 2.45) is 0 Å². The van der Waals surface area contributed by atoms with Gasteiger partial charge >= 0.3 is 0 Å². The SMILES string of the molecule is CC(C)c1nc(CC(=O)NCc2cccnc2N2CCOCC2)cs1. The number of thiazole rings is 1. The summed E-state index contributed by atoms with van der Waals surface area (Å²) in [6.45, 7) is 7.77. The molecule has 1 saturated heterocycles. The van der Waals surface area contributed by atoms with Crippen LogP contribution >= 0.6 is 11.3 Å². The van der Waals surface area contributed by atoms with Crippen molar-refractivity contribution in [1.29, 1.82) is 0 Å². The average Bonchev–Trinajstić information content (AvgIpc) is 3.10. The second-order valence-corrected chi connectivity index (χ2v) is 7.26. The largest absolute Gasteiger partial charge is 0.378 e. The molecule has 0 aromatic carbocycles. The summed E-state index contributed by atoms with van der Waals surface area (Å²) >= 11 is 1.62. The Bertz CT molecular complexity index is 711. The summed E-state index contributed by atoms with van der Waals surface area (Å²) in [5.41, 5.74) is 1.87. The van der Waals surface area contributed by atoms with Crippen molar-refractivity contribution in [3.05, 3.63) is 40.0 Å². The number of aromatic nitrogens is 2. The van der Waals surface area contributed by atoms with E-state index in [-0.39, 0.29) is 5.91 Å². The van der Waals surface area contributed by atoms with Gasteiger partial charge in [0.15, 0.2) is 0 Å². The van der Waals surface area contributed by atoms with Crippen molar-refractivity contribution in [3.63, 3.8) is 0 Å². The number of hydrogen-bond acceptors (Lipinski definition) is 6. The number of nitrogens with one attached hydrogen (secondary N) is 1. The molecule has 3 rings (SSSR count). The number of pyridine rings is 1. The summed E-state index contributed by atoms with van der Waals surface area (Å²) in [5, 5.41) is 6.04. The van der Waals surface area contributed by atoms with Gasteiger partial charge in [-0.05, 0) is 6.07 Å². The smallest absolute Gasteiger partial charge is 0.226 e. The molecule has 0 aliphatic carbocycles. The number of morpholine rings is 1. The first kappa shape index (κ1) is 17.8. The fourth-order valence-corrected chi connectivity index (χ4v) is 3.55. The first-order valence-corrected chi connectivity index (χ1v) is 9.49. The number of amides is 1. The number of anilines is 1. The van der Waals surface area contributed by atoms with E-state index < -0.39 is 0 Å². The van der Waals surface area contributed by atoms with Gasteiger partial charge in [-0.15, -0.1) is 11.3 Å². The van der Waals surface area contributed by atoms with Crippen molar-refractivity contribution in [1.82, 2.24) is 15.3 Å². The Kier molecular flexibility index (Phi) is 5.99. The Morgan fingerprint density at radius 2 is 2.20 bits per heavy atom. The van der Waals surface area contributed by atoms with Crippen molar-refractivity contribution in [2.75, 3.05) is 31.2 Å². The molecule has 0 unspecified atom stereocenters. The third-order valence-corrected chi connectivity index (χ3v) is 5.25. The molecule has 0 spiro atoms. The number of nitrogens with zero attached hydrogens (tertiary/aromatic N) is 3. The molecule has 1 aliphatic rings. The second-order valence-electron chi connectivity index (χ2n) is 6.37. The van der Waals surface area contributed by atoms with Gasteiger partial charge < -0.3 is 15.0 Å². The highest BCUT2D eigenvalue weighted by Gasteiger charge is 2.16. The number of rotatable bonds is 6. The van der Waals surface area contributed by atoms with Crippen LogP contribution < -0.4 is 10.2 Å². The van der Waals surface area contributed by atoms with Crippen LogP contribution in [0.25, 0.3) is 0 Å². The number of hydrogen-bond donors (Lipinski definition) is 1. The van der Waals surface area contributed by atoms with Crippen molar-refractivity contribution in [3.8, 4) is 0 Å². The highest BCUT2D eigenvalue weighted by Crippen LogP contribution is 2.20. The van der Waals surface area contributed by atoms with Crippen LogP contribution in [0, 0.1) is 0 Å². The van der Waals surface area contributed by atoms with Crippen LogP contribution in [0.4, 0.5) is 5.82 Å². The lowest BCUT2D eigenvalue weighted by Gasteiger charge is -2.29. The Balaban J connectivity index is 1.58. The van der Waals surface area contributed by atoms with E-state index in [0.29, 0.717) is 32.1 Å². The molecule has 2 aromatic rings. The van der Waals surface area contributed by atoms with Crippen molar-refractivity contribution >= 4 is 23.1 Å². The van der Waals surface area contributed by atoms with Gasteiger partial charge in [0.25, 0.3) is 0 Å². The predicted molar refractivity (Wildman–Crippen MR) is 99.0 cm³/mol. The molecule has 0 atom stereocenters. The summed E-state index contributed by atoms with van der Waals surface area (Å²) in [4.78, 5) is 23.5. The van der Waals surface area contributed by atoms with Gasteiger partial charge in [0.2, 0.25) is 5.91 Å². The molecule has 1 amide bonds. The first-order valence-electron chi connectivity index (χ1n) is 8.61. The van der Waals surface area contributed by atoms with Crippen LogP contribution in [0.1, 0.15) is 36.0 Å². The van der Waals surface area contributed by atoms with Crippen LogP contribution in [-0.4, -0.2) is 42.2 Å². The molecule has 1 fully saturated rings. The third kappa shape index (κ3) is 4.76. The zero-order valence-electron chi connectivity index (χ0n) is 14.7. The molecule has 2 aromatic heterocycles. The van der Waals surface area contributed by atoms with Crippen LogP contribution in [0.5, 0.6) is 0 Å². The fraction of sp³-hybridized carbons (Fsp3) is 0.500. The molecule has 1 N–H and O–H groups in total. The summed E-state index contributed by atoms with van der Waals surface area (Å²) in [6, 6.07) is 3.92. The molecule has 6 nitrogen and oxygen atoms in total. The van der Waals surface area contributed by atoms with E-state index in [1.54, 1.807) is 17.5 Å². The molecule has 0 saturated carbocycles. The predicted octanol–water partition coefficient (Wildman–Crippen LogP) is 2.36. The van der Waals surface area contributed by atoms with E-state index in [1.165, 1.54) is 0 Å². The second kappa shape index (κ2) is 8.40. The quantitative estimate of drug-likeness (QED) is 0.856. The van der Waals surface area contributed by atoms with Crippen LogP contribution in [0.15, 0.2) is 23.7 Å². The molecular weight excluding hydrogens is 336 g/mol.